The quantitative estimate of drug-likeness (QED) is 0.901. The van der Waals surface area contributed by atoms with E-state index in [1.54, 1.807) is 24.3 Å². The smallest absolute Gasteiger partial charge is 0.337 e. The fourth-order valence-corrected chi connectivity index (χ4v) is 2.25. The van der Waals surface area contributed by atoms with Crippen molar-refractivity contribution in [1.29, 1.82) is 0 Å². The zero-order valence-electron chi connectivity index (χ0n) is 9.92. The molecule has 0 saturated carbocycles. The minimum atomic E-state index is -0.967. The summed E-state index contributed by atoms with van der Waals surface area (Å²) in [6.45, 7) is 2.20. The lowest BCUT2D eigenvalue weighted by Crippen LogP contribution is -2.05. The number of aromatic nitrogens is 1. The Morgan fingerprint density at radius 2 is 2.28 bits per heavy atom. The maximum atomic E-state index is 10.8. The summed E-state index contributed by atoms with van der Waals surface area (Å²) in [6.07, 6.45) is 0.832. The van der Waals surface area contributed by atoms with Gasteiger partial charge in [-0.3, -0.25) is 0 Å². The zero-order chi connectivity index (χ0) is 13.0. The van der Waals surface area contributed by atoms with E-state index < -0.39 is 5.97 Å². The fraction of sp³-hybridized carbons (Fsp3) is 0.231. The molecule has 1 N–H and O–H groups in total. The first-order valence-electron chi connectivity index (χ1n) is 5.53. The first-order valence-corrected chi connectivity index (χ1v) is 6.41. The van der Waals surface area contributed by atoms with E-state index in [0.717, 1.165) is 6.42 Å². The second-order valence-corrected chi connectivity index (χ2v) is 4.80. The van der Waals surface area contributed by atoms with Crippen LogP contribution in [0.5, 0.6) is 5.88 Å². The Kier molecular flexibility index (Phi) is 3.94. The van der Waals surface area contributed by atoms with Crippen molar-refractivity contribution in [2.45, 2.75) is 13.3 Å². The lowest BCUT2D eigenvalue weighted by Gasteiger charge is -2.06. The second-order valence-electron chi connectivity index (χ2n) is 3.77. The summed E-state index contributed by atoms with van der Waals surface area (Å²) in [5.74, 6) is -0.501. The lowest BCUT2D eigenvalue weighted by atomic mass is 10.2. The predicted octanol–water partition coefficient (Wildman–Crippen LogP) is 2.77. The van der Waals surface area contributed by atoms with Gasteiger partial charge >= 0.3 is 5.97 Å². The molecule has 4 nitrogen and oxygen atoms in total. The van der Waals surface area contributed by atoms with Crippen LogP contribution in [-0.2, 0) is 6.42 Å². The summed E-state index contributed by atoms with van der Waals surface area (Å²) in [7, 11) is 0. The van der Waals surface area contributed by atoms with Gasteiger partial charge in [-0.25, -0.2) is 9.78 Å². The largest absolute Gasteiger partial charge is 0.478 e. The number of thiophene rings is 1. The summed E-state index contributed by atoms with van der Waals surface area (Å²) in [5.41, 5.74) is 0.678. The molecule has 0 radical (unpaired) electrons. The van der Waals surface area contributed by atoms with Crippen LogP contribution >= 0.6 is 11.3 Å². The molecular formula is C13H13NO3S. The number of hydrogen-bond donors (Lipinski definition) is 1. The number of pyridine rings is 1. The van der Waals surface area contributed by atoms with Crippen LogP contribution in [0.3, 0.4) is 0 Å². The monoisotopic (exact) mass is 263 g/mol. The molecule has 0 aromatic carbocycles. The molecular weight excluding hydrogens is 250 g/mol. The third kappa shape index (κ3) is 3.07. The Labute approximate surface area is 109 Å². The Hall–Kier alpha value is -1.88. The molecule has 0 spiro atoms. The van der Waals surface area contributed by atoms with Crippen molar-refractivity contribution < 1.29 is 14.6 Å². The highest BCUT2D eigenvalue weighted by atomic mass is 32.1. The molecule has 0 amide bonds. The summed E-state index contributed by atoms with van der Waals surface area (Å²) in [6, 6.07) is 7.17. The van der Waals surface area contributed by atoms with Crippen LogP contribution in [0.4, 0.5) is 0 Å². The molecule has 0 bridgehead atoms. The van der Waals surface area contributed by atoms with Crippen LogP contribution in [0.1, 0.15) is 20.9 Å². The van der Waals surface area contributed by atoms with E-state index in [1.807, 2.05) is 11.4 Å². The maximum Gasteiger partial charge on any atom is 0.337 e. The molecule has 18 heavy (non-hydrogen) atoms. The molecule has 0 aliphatic carbocycles. The normalized spacial score (nSPS) is 10.3. The van der Waals surface area contributed by atoms with Crippen molar-refractivity contribution in [1.82, 2.24) is 4.98 Å². The van der Waals surface area contributed by atoms with E-state index in [2.05, 4.69) is 11.1 Å². The molecule has 0 aliphatic heterocycles. The van der Waals surface area contributed by atoms with Gasteiger partial charge in [-0.15, -0.1) is 11.3 Å². The minimum absolute atomic E-state index is 0.209. The molecule has 2 rings (SSSR count). The number of rotatable bonds is 5. The Morgan fingerprint density at radius 3 is 2.89 bits per heavy atom. The molecule has 0 fully saturated rings. The van der Waals surface area contributed by atoms with Crippen LogP contribution < -0.4 is 4.74 Å². The SMILES string of the molecule is Cc1nc(OCCc2cccs2)ccc1C(=O)O. The molecule has 5 heteroatoms. The lowest BCUT2D eigenvalue weighted by molar-refractivity contribution is 0.0695. The first-order chi connectivity index (χ1) is 8.66. The number of aromatic carboxylic acids is 1. The minimum Gasteiger partial charge on any atom is -0.478 e. The third-order valence-electron chi connectivity index (χ3n) is 2.47. The standard InChI is InChI=1S/C13H13NO3S/c1-9-11(13(15)16)4-5-12(14-9)17-7-6-10-3-2-8-18-10/h2-5,8H,6-7H2,1H3,(H,15,16). The van der Waals surface area contributed by atoms with Crippen LogP contribution in [0.25, 0.3) is 0 Å². The Balaban J connectivity index is 1.94. The van der Waals surface area contributed by atoms with Gasteiger partial charge in [0.05, 0.1) is 17.9 Å². The maximum absolute atomic E-state index is 10.8. The molecule has 2 aromatic rings. The first kappa shape index (κ1) is 12.6. The summed E-state index contributed by atoms with van der Waals surface area (Å²) >= 11 is 1.69. The highest BCUT2D eigenvalue weighted by Gasteiger charge is 2.09. The van der Waals surface area contributed by atoms with Gasteiger partial charge in [-0.1, -0.05) is 6.07 Å². The van der Waals surface area contributed by atoms with Gasteiger partial charge in [0, 0.05) is 17.4 Å². The number of ether oxygens (including phenoxy) is 1. The summed E-state index contributed by atoms with van der Waals surface area (Å²) in [5, 5.41) is 10.9. The predicted molar refractivity (Wildman–Crippen MR) is 69.5 cm³/mol. The molecule has 0 atom stereocenters. The van der Waals surface area contributed by atoms with Crippen molar-refractivity contribution >= 4 is 17.3 Å². The second kappa shape index (κ2) is 5.64. The average Bonchev–Trinajstić information content (AvgIpc) is 2.81. The van der Waals surface area contributed by atoms with Crippen LogP contribution in [0, 0.1) is 6.92 Å². The summed E-state index contributed by atoms with van der Waals surface area (Å²) < 4.78 is 5.50. The van der Waals surface area contributed by atoms with Gasteiger partial charge in [0.2, 0.25) is 5.88 Å². The Morgan fingerprint density at radius 1 is 1.44 bits per heavy atom. The van der Waals surface area contributed by atoms with E-state index in [0.29, 0.717) is 18.2 Å². The molecule has 2 heterocycles. The van der Waals surface area contributed by atoms with Crippen molar-refractivity contribution in [2.24, 2.45) is 0 Å². The van der Waals surface area contributed by atoms with Crippen LogP contribution in [0.2, 0.25) is 0 Å². The fourth-order valence-electron chi connectivity index (χ4n) is 1.56. The van der Waals surface area contributed by atoms with Crippen molar-refractivity contribution in [3.8, 4) is 5.88 Å². The van der Waals surface area contributed by atoms with E-state index in [4.69, 9.17) is 9.84 Å². The zero-order valence-corrected chi connectivity index (χ0v) is 10.7. The Bertz CT molecular complexity index is 537. The molecule has 2 aromatic heterocycles. The van der Waals surface area contributed by atoms with Gasteiger partial charge in [0.1, 0.15) is 0 Å². The van der Waals surface area contributed by atoms with E-state index in [-0.39, 0.29) is 5.56 Å². The van der Waals surface area contributed by atoms with Crippen molar-refractivity contribution in [3.05, 3.63) is 45.8 Å². The highest BCUT2D eigenvalue weighted by molar-refractivity contribution is 7.09. The van der Waals surface area contributed by atoms with E-state index in [1.165, 1.54) is 10.9 Å². The van der Waals surface area contributed by atoms with E-state index in [9.17, 15) is 4.79 Å². The number of hydrogen-bond acceptors (Lipinski definition) is 4. The van der Waals surface area contributed by atoms with Gasteiger partial charge in [-0.2, -0.15) is 0 Å². The topological polar surface area (TPSA) is 59.4 Å². The average molecular weight is 263 g/mol. The number of aryl methyl sites for hydroxylation is 1. The number of carbonyl (C=O) groups is 1. The van der Waals surface area contributed by atoms with Crippen LogP contribution in [-0.4, -0.2) is 22.7 Å². The number of carboxylic acids is 1. The number of carboxylic acid groups (broad SMARTS) is 1. The number of nitrogens with zero attached hydrogens (tertiary/aromatic N) is 1. The van der Waals surface area contributed by atoms with Crippen molar-refractivity contribution in [2.75, 3.05) is 6.61 Å². The summed E-state index contributed by atoms with van der Waals surface area (Å²) in [4.78, 5) is 16.2. The molecule has 0 saturated heterocycles. The van der Waals surface area contributed by atoms with Gasteiger partial charge in [0.15, 0.2) is 0 Å². The van der Waals surface area contributed by atoms with E-state index >= 15 is 0 Å². The molecule has 94 valence electrons. The van der Waals surface area contributed by atoms with Gasteiger partial charge < -0.3 is 9.84 Å². The molecule has 0 unspecified atom stereocenters. The third-order valence-corrected chi connectivity index (χ3v) is 3.41. The highest BCUT2D eigenvalue weighted by Crippen LogP contribution is 2.14. The van der Waals surface area contributed by atoms with Crippen LogP contribution in [0.15, 0.2) is 29.6 Å². The molecule has 0 aliphatic rings. The van der Waals surface area contributed by atoms with Crippen molar-refractivity contribution in [3.63, 3.8) is 0 Å². The van der Waals surface area contributed by atoms with Gasteiger partial charge in [-0.05, 0) is 24.4 Å². The van der Waals surface area contributed by atoms with Gasteiger partial charge in [0.25, 0.3) is 0 Å².